The summed E-state index contributed by atoms with van der Waals surface area (Å²) in [4.78, 5) is 39.1. The van der Waals surface area contributed by atoms with Gasteiger partial charge in [-0.3, -0.25) is 9.59 Å². The van der Waals surface area contributed by atoms with Crippen LogP contribution in [0.4, 0.5) is 0 Å². The van der Waals surface area contributed by atoms with Crippen molar-refractivity contribution in [2.45, 2.75) is 86.5 Å². The van der Waals surface area contributed by atoms with Gasteiger partial charge in [-0.2, -0.15) is 5.26 Å². The first-order chi connectivity index (χ1) is 22.6. The number of rotatable bonds is 6. The van der Waals surface area contributed by atoms with Gasteiger partial charge in [0.05, 0.1) is 5.41 Å². The van der Waals surface area contributed by atoms with E-state index in [0.29, 0.717) is 12.0 Å². The third-order valence-corrected chi connectivity index (χ3v) is 13.4. The number of esters is 2. The largest absolute Gasteiger partial charge is 0.504 e. The van der Waals surface area contributed by atoms with Gasteiger partial charge in [-0.25, -0.2) is 4.79 Å². The number of benzene rings is 1. The fourth-order valence-electron chi connectivity index (χ4n) is 10.0. The van der Waals surface area contributed by atoms with Crippen molar-refractivity contribution >= 4 is 23.8 Å². The molecule has 252 valence electrons. The number of hydrogen-bond acceptors (Lipinski definition) is 7. The molecule has 0 unspecified atom stereocenters. The first-order valence-electron chi connectivity index (χ1n) is 17.2. The zero-order valence-electron chi connectivity index (χ0n) is 29.1. The minimum Gasteiger partial charge on any atom is -0.504 e. The third kappa shape index (κ3) is 5.11. The van der Waals surface area contributed by atoms with Crippen molar-refractivity contribution < 1.29 is 29.0 Å². The Morgan fingerprint density at radius 1 is 0.958 bits per heavy atom. The summed E-state index contributed by atoms with van der Waals surface area (Å²) >= 11 is 0. The fourth-order valence-corrected chi connectivity index (χ4v) is 10.0. The van der Waals surface area contributed by atoms with Gasteiger partial charge in [0.1, 0.15) is 24.9 Å². The number of hydrogen-bond donors (Lipinski definition) is 1. The van der Waals surface area contributed by atoms with Crippen LogP contribution in [0.3, 0.4) is 0 Å². The number of aliphatic hydroxyl groups is 1. The smallest absolute Gasteiger partial charge is 0.349 e. The molecule has 7 heteroatoms. The van der Waals surface area contributed by atoms with E-state index in [1.54, 1.807) is 18.2 Å². The highest BCUT2D eigenvalue weighted by molar-refractivity contribution is 6.06. The molecule has 6 rings (SSSR count). The maximum absolute atomic E-state index is 13.7. The molecule has 0 spiro atoms. The van der Waals surface area contributed by atoms with Gasteiger partial charge in [0.2, 0.25) is 5.78 Å². The van der Waals surface area contributed by atoms with Crippen LogP contribution in [0.5, 0.6) is 0 Å². The number of carbonyl (C=O) groups is 3. The molecule has 0 aromatic heterocycles. The second-order valence-corrected chi connectivity index (χ2v) is 16.0. The van der Waals surface area contributed by atoms with E-state index >= 15 is 0 Å². The van der Waals surface area contributed by atoms with Crippen LogP contribution in [-0.2, 0) is 23.9 Å². The summed E-state index contributed by atoms with van der Waals surface area (Å²) in [6, 6.07) is 11.0. The van der Waals surface area contributed by atoms with Crippen LogP contribution in [0.2, 0.25) is 0 Å². The number of nitrogens with zero attached hydrogens (tertiary/aromatic N) is 1. The Labute approximate surface area is 284 Å². The molecular weight excluding hydrogens is 602 g/mol. The summed E-state index contributed by atoms with van der Waals surface area (Å²) in [5.41, 5.74) is 3.48. The van der Waals surface area contributed by atoms with E-state index in [4.69, 9.17) is 9.47 Å². The standard InChI is InChI=1S/C41H47NO6/c1-26-29-12-13-32-39(4,30(29)23-31(43)34(26)44)17-19-41(6)33-24-38(3,15-14-37(33,2)16-18-40(32,41)5)36(46)48-21-20-47-35(45)28(25-42)22-27-10-8-7-9-11-27/h7-13,22-23,33,44H,14-21,24H2,1-6H3/b28-22+/t33-,37-,38-,39+,40-,41+/m1/s1. The zero-order valence-corrected chi connectivity index (χ0v) is 29.1. The molecule has 3 saturated carbocycles. The summed E-state index contributed by atoms with van der Waals surface area (Å²) in [5.74, 6) is -1.22. The molecule has 0 aliphatic heterocycles. The predicted molar refractivity (Wildman–Crippen MR) is 183 cm³/mol. The monoisotopic (exact) mass is 649 g/mol. The number of fused-ring (bicyclic) bond motifs is 7. The van der Waals surface area contributed by atoms with Gasteiger partial charge in [-0.05, 0) is 110 Å². The van der Waals surface area contributed by atoms with Gasteiger partial charge >= 0.3 is 11.9 Å². The number of ketones is 1. The van der Waals surface area contributed by atoms with Crippen molar-refractivity contribution in [2.75, 3.05) is 13.2 Å². The summed E-state index contributed by atoms with van der Waals surface area (Å²) in [5, 5.41) is 19.9. The topological polar surface area (TPSA) is 114 Å². The molecule has 6 atom stereocenters. The Kier molecular flexibility index (Phi) is 8.26. The number of carbonyl (C=O) groups excluding carboxylic acids is 3. The van der Waals surface area contributed by atoms with Crippen LogP contribution in [-0.4, -0.2) is 36.0 Å². The predicted octanol–water partition coefficient (Wildman–Crippen LogP) is 8.31. The van der Waals surface area contributed by atoms with E-state index in [0.717, 1.165) is 55.2 Å². The van der Waals surface area contributed by atoms with Crippen molar-refractivity contribution in [1.29, 1.82) is 5.26 Å². The Hall–Kier alpha value is -4.18. The molecular formula is C41H47NO6. The summed E-state index contributed by atoms with van der Waals surface area (Å²) in [7, 11) is 0. The second kappa shape index (κ2) is 11.8. The van der Waals surface area contributed by atoms with Crippen LogP contribution in [0.25, 0.3) is 6.08 Å². The van der Waals surface area contributed by atoms with Crippen LogP contribution < -0.4 is 0 Å². The third-order valence-electron chi connectivity index (χ3n) is 13.4. The first-order valence-corrected chi connectivity index (χ1v) is 17.2. The molecule has 5 aliphatic carbocycles. The van der Waals surface area contributed by atoms with Crippen LogP contribution in [0.1, 0.15) is 92.1 Å². The number of ether oxygens (including phenoxy) is 2. The van der Waals surface area contributed by atoms with E-state index in [9.17, 15) is 24.8 Å². The summed E-state index contributed by atoms with van der Waals surface area (Å²) in [6.07, 6.45) is 13.8. The minimum absolute atomic E-state index is 0.0711. The maximum Gasteiger partial charge on any atom is 0.349 e. The van der Waals surface area contributed by atoms with Gasteiger partial charge in [-0.15, -0.1) is 0 Å². The van der Waals surface area contributed by atoms with Gasteiger partial charge in [-0.1, -0.05) is 75.8 Å². The lowest BCUT2D eigenvalue weighted by molar-refractivity contribution is -0.183. The number of aliphatic hydroxyl groups excluding tert-OH is 1. The van der Waals surface area contributed by atoms with E-state index in [1.165, 1.54) is 11.6 Å². The van der Waals surface area contributed by atoms with Crippen LogP contribution in [0.15, 0.2) is 82.2 Å². The molecule has 1 aromatic rings. The van der Waals surface area contributed by atoms with E-state index in [-0.39, 0.29) is 63.9 Å². The summed E-state index contributed by atoms with van der Waals surface area (Å²) in [6.45, 7) is 13.2. The molecule has 0 heterocycles. The van der Waals surface area contributed by atoms with Gasteiger partial charge in [0.25, 0.3) is 0 Å². The SMILES string of the molecule is CC1=C(O)C(=O)C=C2C1=CC=C1[C@@]2(C)CC[C@@]2(C)[C@@H]3C[C@](C)(C(=O)OCCOC(=O)/C(C#N)=C/c4ccccc4)CC[C@]3(C)CC[C@]12C. The Bertz CT molecular complexity index is 1770. The fraction of sp³-hybridized carbons (Fsp3) is 0.512. The molecule has 0 amide bonds. The molecule has 5 aliphatic rings. The molecule has 1 N–H and O–H groups in total. The maximum atomic E-state index is 13.7. The zero-order chi connectivity index (χ0) is 34.7. The lowest BCUT2D eigenvalue weighted by Crippen LogP contribution is -2.62. The molecule has 0 bridgehead atoms. The van der Waals surface area contributed by atoms with E-state index in [1.807, 2.05) is 38.1 Å². The van der Waals surface area contributed by atoms with E-state index in [2.05, 4.69) is 39.8 Å². The van der Waals surface area contributed by atoms with Crippen molar-refractivity contribution in [3.05, 3.63) is 87.7 Å². The quantitative estimate of drug-likeness (QED) is 0.143. The average Bonchev–Trinajstić information content (AvgIpc) is 3.07. The molecule has 0 radical (unpaired) electrons. The molecule has 3 fully saturated rings. The number of nitriles is 1. The molecule has 1 aromatic carbocycles. The number of allylic oxidation sites excluding steroid dienone is 7. The minimum atomic E-state index is -0.744. The normalized spacial score (nSPS) is 35.8. The highest BCUT2D eigenvalue weighted by atomic mass is 16.6. The lowest BCUT2D eigenvalue weighted by atomic mass is 9.34. The second-order valence-electron chi connectivity index (χ2n) is 16.0. The Morgan fingerprint density at radius 3 is 2.35 bits per heavy atom. The van der Waals surface area contributed by atoms with Crippen molar-refractivity contribution in [1.82, 2.24) is 0 Å². The summed E-state index contributed by atoms with van der Waals surface area (Å²) < 4.78 is 11.1. The highest BCUT2D eigenvalue weighted by Gasteiger charge is 2.67. The first kappa shape index (κ1) is 33.7. The van der Waals surface area contributed by atoms with Gasteiger partial charge in [0, 0.05) is 11.0 Å². The lowest BCUT2D eigenvalue weighted by Gasteiger charge is -2.70. The highest BCUT2D eigenvalue weighted by Crippen LogP contribution is 2.75. The average molecular weight is 650 g/mol. The van der Waals surface area contributed by atoms with Gasteiger partial charge in [0.15, 0.2) is 5.76 Å². The van der Waals surface area contributed by atoms with E-state index < -0.39 is 11.4 Å². The Morgan fingerprint density at radius 2 is 1.65 bits per heavy atom. The molecule has 7 nitrogen and oxygen atoms in total. The Balaban J connectivity index is 1.18. The van der Waals surface area contributed by atoms with Crippen LogP contribution in [0, 0.1) is 44.3 Å². The van der Waals surface area contributed by atoms with Crippen molar-refractivity contribution in [3.63, 3.8) is 0 Å². The van der Waals surface area contributed by atoms with Crippen molar-refractivity contribution in [2.24, 2.45) is 33.0 Å². The van der Waals surface area contributed by atoms with Crippen molar-refractivity contribution in [3.8, 4) is 6.07 Å². The molecule has 48 heavy (non-hydrogen) atoms. The molecule has 0 saturated heterocycles. The van der Waals surface area contributed by atoms with Gasteiger partial charge < -0.3 is 14.6 Å². The van der Waals surface area contributed by atoms with Crippen LogP contribution >= 0.6 is 0 Å².